The van der Waals surface area contributed by atoms with E-state index in [0.717, 1.165) is 16.8 Å². The van der Waals surface area contributed by atoms with E-state index in [2.05, 4.69) is 11.6 Å². The number of aliphatic hydroxyl groups excluding tert-OH is 3. The summed E-state index contributed by atoms with van der Waals surface area (Å²) in [5, 5.41) is 38.4. The largest absolute Gasteiger partial charge is 0.508 e. The molecule has 2 aromatic rings. The number of rotatable bonds is 9. The van der Waals surface area contributed by atoms with Crippen molar-refractivity contribution in [2.45, 2.75) is 18.9 Å². The van der Waals surface area contributed by atoms with Gasteiger partial charge in [-0.15, -0.1) is 0 Å². The maximum Gasteiger partial charge on any atom is 0.115 e. The Hall–Kier alpha value is -2.73. The number of pyridine rings is 1. The predicted octanol–water partition coefficient (Wildman–Crippen LogP) is 2.94. The molecule has 0 saturated heterocycles. The summed E-state index contributed by atoms with van der Waals surface area (Å²) in [6.07, 6.45) is 5.19. The second-order valence-corrected chi connectivity index (χ2v) is 6.13. The molecular formula is C22H25NO4. The molecule has 0 aliphatic heterocycles. The molecule has 0 bridgehead atoms. The van der Waals surface area contributed by atoms with Gasteiger partial charge in [-0.1, -0.05) is 30.9 Å². The third-order valence-electron chi connectivity index (χ3n) is 4.18. The molecule has 5 heteroatoms. The Labute approximate surface area is 159 Å². The second kappa shape index (κ2) is 10.4. The van der Waals surface area contributed by atoms with Crippen LogP contribution in [0.2, 0.25) is 0 Å². The van der Waals surface area contributed by atoms with Crippen molar-refractivity contribution in [3.63, 3.8) is 0 Å². The predicted molar refractivity (Wildman–Crippen MR) is 107 cm³/mol. The molecule has 2 rings (SSSR count). The van der Waals surface area contributed by atoms with Crippen molar-refractivity contribution in [3.8, 4) is 5.75 Å². The first-order valence-electron chi connectivity index (χ1n) is 8.74. The summed E-state index contributed by atoms with van der Waals surface area (Å²) in [5.41, 5.74) is 3.47. The van der Waals surface area contributed by atoms with Crippen LogP contribution in [0.5, 0.6) is 5.75 Å². The smallest absolute Gasteiger partial charge is 0.115 e. The molecule has 27 heavy (non-hydrogen) atoms. The van der Waals surface area contributed by atoms with Gasteiger partial charge in [0.15, 0.2) is 0 Å². The van der Waals surface area contributed by atoms with Crippen molar-refractivity contribution in [2.75, 3.05) is 13.2 Å². The molecule has 0 amide bonds. The van der Waals surface area contributed by atoms with Gasteiger partial charge < -0.3 is 20.4 Å². The van der Waals surface area contributed by atoms with Crippen LogP contribution in [-0.2, 0) is 0 Å². The summed E-state index contributed by atoms with van der Waals surface area (Å²) in [5.74, 6) is 0.197. The zero-order chi connectivity index (χ0) is 19.6. The molecule has 0 saturated carbocycles. The van der Waals surface area contributed by atoms with Gasteiger partial charge >= 0.3 is 0 Å². The van der Waals surface area contributed by atoms with Gasteiger partial charge in [-0.3, -0.25) is 4.98 Å². The maximum absolute atomic E-state index is 10.5. The number of aromatic nitrogens is 1. The van der Waals surface area contributed by atoms with Crippen LogP contribution in [0, 0.1) is 0 Å². The fourth-order valence-corrected chi connectivity index (χ4v) is 2.75. The van der Waals surface area contributed by atoms with Gasteiger partial charge in [-0.05, 0) is 65.5 Å². The number of phenols is 1. The van der Waals surface area contributed by atoms with Crippen molar-refractivity contribution in [1.82, 2.24) is 4.98 Å². The molecule has 0 aliphatic rings. The molecule has 0 fully saturated rings. The average Bonchev–Trinajstić information content (AvgIpc) is 2.70. The SMILES string of the molecule is C=C(CO)/C(=C/CO)C(O)CC/C(=C/c1ccc(O)cc1)c1ccccn1. The van der Waals surface area contributed by atoms with Gasteiger partial charge in [0.25, 0.3) is 0 Å². The first-order chi connectivity index (χ1) is 13.0. The molecule has 0 radical (unpaired) electrons. The van der Waals surface area contributed by atoms with Crippen LogP contribution in [0.1, 0.15) is 24.1 Å². The highest BCUT2D eigenvalue weighted by Crippen LogP contribution is 2.25. The van der Waals surface area contributed by atoms with Gasteiger partial charge in [0.05, 0.1) is 25.0 Å². The number of aromatic hydroxyl groups is 1. The first kappa shape index (κ1) is 20.6. The van der Waals surface area contributed by atoms with E-state index in [-0.39, 0.29) is 19.0 Å². The monoisotopic (exact) mass is 367 g/mol. The van der Waals surface area contributed by atoms with Crippen LogP contribution >= 0.6 is 0 Å². The Morgan fingerprint density at radius 2 is 1.85 bits per heavy atom. The Morgan fingerprint density at radius 3 is 2.44 bits per heavy atom. The van der Waals surface area contributed by atoms with Gasteiger partial charge in [0.2, 0.25) is 0 Å². The molecule has 1 aromatic heterocycles. The number of hydrogen-bond donors (Lipinski definition) is 4. The van der Waals surface area contributed by atoms with E-state index >= 15 is 0 Å². The molecule has 1 aromatic carbocycles. The Balaban J connectivity index is 2.23. The molecule has 142 valence electrons. The third kappa shape index (κ3) is 6.18. The summed E-state index contributed by atoms with van der Waals surface area (Å²) in [4.78, 5) is 4.39. The van der Waals surface area contributed by atoms with Crippen molar-refractivity contribution >= 4 is 11.6 Å². The number of phenolic OH excluding ortho intramolecular Hbond substituents is 1. The van der Waals surface area contributed by atoms with Crippen molar-refractivity contribution in [2.24, 2.45) is 0 Å². The van der Waals surface area contributed by atoms with Crippen molar-refractivity contribution in [3.05, 3.63) is 83.7 Å². The fourth-order valence-electron chi connectivity index (χ4n) is 2.75. The van der Waals surface area contributed by atoms with Crippen LogP contribution in [-0.4, -0.2) is 44.7 Å². The van der Waals surface area contributed by atoms with E-state index in [0.29, 0.717) is 24.0 Å². The van der Waals surface area contributed by atoms with Crippen LogP contribution < -0.4 is 0 Å². The van der Waals surface area contributed by atoms with Crippen molar-refractivity contribution < 1.29 is 20.4 Å². The number of hydrogen-bond acceptors (Lipinski definition) is 5. The molecule has 4 N–H and O–H groups in total. The van der Waals surface area contributed by atoms with E-state index in [9.17, 15) is 15.3 Å². The van der Waals surface area contributed by atoms with Crippen LogP contribution in [0.4, 0.5) is 0 Å². The number of nitrogens with zero attached hydrogens (tertiary/aromatic N) is 1. The summed E-state index contributed by atoms with van der Waals surface area (Å²) in [6, 6.07) is 12.5. The van der Waals surface area contributed by atoms with E-state index < -0.39 is 6.10 Å². The molecule has 5 nitrogen and oxygen atoms in total. The van der Waals surface area contributed by atoms with Crippen LogP contribution in [0.3, 0.4) is 0 Å². The lowest BCUT2D eigenvalue weighted by Crippen LogP contribution is -2.14. The Morgan fingerprint density at radius 1 is 1.11 bits per heavy atom. The maximum atomic E-state index is 10.5. The fraction of sp³-hybridized carbons (Fsp3) is 0.227. The minimum atomic E-state index is -0.858. The molecule has 1 heterocycles. The molecule has 0 spiro atoms. The highest BCUT2D eigenvalue weighted by molar-refractivity contribution is 5.80. The standard InChI is InChI=1S/C22H25NO4/c1-16(15-25)20(11-13-24)22(27)10-7-18(21-4-2-3-12-23-21)14-17-5-8-19(26)9-6-17/h2-6,8-9,11-12,14,22,24-27H,1,7,10,13,15H2/b18-14-,20-11-. The van der Waals surface area contributed by atoms with Gasteiger partial charge in [-0.25, -0.2) is 0 Å². The minimum absolute atomic E-state index is 0.197. The lowest BCUT2D eigenvalue weighted by atomic mass is 9.94. The molecule has 1 unspecified atom stereocenters. The van der Waals surface area contributed by atoms with E-state index in [1.54, 1.807) is 30.5 Å². The quantitative estimate of drug-likeness (QED) is 0.511. The summed E-state index contributed by atoms with van der Waals surface area (Å²) >= 11 is 0. The Bertz CT molecular complexity index is 795. The zero-order valence-electron chi connectivity index (χ0n) is 15.1. The summed E-state index contributed by atoms with van der Waals surface area (Å²) in [7, 11) is 0. The highest BCUT2D eigenvalue weighted by atomic mass is 16.3. The van der Waals surface area contributed by atoms with E-state index in [1.165, 1.54) is 6.08 Å². The highest BCUT2D eigenvalue weighted by Gasteiger charge is 2.15. The zero-order valence-corrected chi connectivity index (χ0v) is 15.1. The third-order valence-corrected chi connectivity index (χ3v) is 4.18. The Kier molecular flexibility index (Phi) is 7.95. The first-order valence-corrected chi connectivity index (χ1v) is 8.74. The minimum Gasteiger partial charge on any atom is -0.508 e. The summed E-state index contributed by atoms with van der Waals surface area (Å²) < 4.78 is 0. The lowest BCUT2D eigenvalue weighted by Gasteiger charge is -2.17. The molecule has 0 aliphatic carbocycles. The van der Waals surface area contributed by atoms with Crippen LogP contribution in [0.25, 0.3) is 11.6 Å². The lowest BCUT2D eigenvalue weighted by molar-refractivity contribution is 0.199. The van der Waals surface area contributed by atoms with Gasteiger partial charge in [-0.2, -0.15) is 0 Å². The van der Waals surface area contributed by atoms with Gasteiger partial charge in [0.1, 0.15) is 5.75 Å². The van der Waals surface area contributed by atoms with Gasteiger partial charge in [0, 0.05) is 6.20 Å². The number of aliphatic hydroxyl groups is 3. The van der Waals surface area contributed by atoms with E-state index in [1.807, 2.05) is 24.3 Å². The number of allylic oxidation sites excluding steroid dienone is 1. The average molecular weight is 367 g/mol. The van der Waals surface area contributed by atoms with Crippen LogP contribution in [0.15, 0.2) is 72.5 Å². The molecule has 1 atom stereocenters. The number of benzene rings is 1. The summed E-state index contributed by atoms with van der Waals surface area (Å²) in [6.45, 7) is 3.22. The second-order valence-electron chi connectivity index (χ2n) is 6.13. The van der Waals surface area contributed by atoms with Crippen molar-refractivity contribution in [1.29, 1.82) is 0 Å². The normalized spacial score (nSPS) is 13.4. The topological polar surface area (TPSA) is 93.8 Å². The molecular weight excluding hydrogens is 342 g/mol. The van der Waals surface area contributed by atoms with E-state index in [4.69, 9.17) is 5.11 Å².